The number of hydrogen-bond acceptors (Lipinski definition) is 1. The second-order valence-electron chi connectivity index (χ2n) is 4.02. The van der Waals surface area contributed by atoms with Gasteiger partial charge in [-0.05, 0) is 54.3 Å². The average molecular weight is 198 g/mol. The summed E-state index contributed by atoms with van der Waals surface area (Å²) in [5.41, 5.74) is 4.29. The summed E-state index contributed by atoms with van der Waals surface area (Å²) in [5.74, 6) is 0. The molecule has 15 heavy (non-hydrogen) atoms. The number of carbonyl (C=O) groups is 1. The van der Waals surface area contributed by atoms with Crippen LogP contribution in [0.3, 0.4) is 0 Å². The van der Waals surface area contributed by atoms with E-state index in [1.54, 1.807) is 0 Å². The second kappa shape index (κ2) is 3.50. The molecule has 0 saturated heterocycles. The first-order chi connectivity index (χ1) is 7.15. The minimum atomic E-state index is 0.800. The summed E-state index contributed by atoms with van der Waals surface area (Å²) in [6.07, 6.45) is 0.939. The summed E-state index contributed by atoms with van der Waals surface area (Å²) in [5, 5.41) is 2.47. The SMILES string of the molecule is Cc1cc(C=O)c(C)c2c(C)cccc12. The summed E-state index contributed by atoms with van der Waals surface area (Å²) < 4.78 is 0. The van der Waals surface area contributed by atoms with Gasteiger partial charge >= 0.3 is 0 Å². The van der Waals surface area contributed by atoms with Crippen LogP contribution < -0.4 is 0 Å². The van der Waals surface area contributed by atoms with E-state index in [1.807, 2.05) is 19.9 Å². The zero-order valence-electron chi connectivity index (χ0n) is 9.29. The number of benzene rings is 2. The van der Waals surface area contributed by atoms with Gasteiger partial charge in [0.2, 0.25) is 0 Å². The van der Waals surface area contributed by atoms with Crippen molar-refractivity contribution < 1.29 is 4.79 Å². The molecule has 0 aliphatic heterocycles. The first-order valence-electron chi connectivity index (χ1n) is 5.10. The lowest BCUT2D eigenvalue weighted by atomic mass is 9.94. The highest BCUT2D eigenvalue weighted by molar-refractivity contribution is 5.96. The fourth-order valence-electron chi connectivity index (χ4n) is 2.18. The molecule has 0 aliphatic carbocycles. The molecule has 0 amide bonds. The molecule has 0 saturated carbocycles. The molecular formula is C14H14O. The highest BCUT2D eigenvalue weighted by Gasteiger charge is 2.07. The van der Waals surface area contributed by atoms with Gasteiger partial charge in [-0.2, -0.15) is 0 Å². The van der Waals surface area contributed by atoms with Crippen LogP contribution in [0.5, 0.6) is 0 Å². The third-order valence-corrected chi connectivity index (χ3v) is 3.00. The molecule has 2 rings (SSSR count). The highest BCUT2D eigenvalue weighted by atomic mass is 16.1. The van der Waals surface area contributed by atoms with Crippen molar-refractivity contribution >= 4 is 17.1 Å². The predicted molar refractivity (Wildman–Crippen MR) is 63.5 cm³/mol. The van der Waals surface area contributed by atoms with Crippen molar-refractivity contribution in [2.45, 2.75) is 20.8 Å². The van der Waals surface area contributed by atoms with E-state index in [2.05, 4.69) is 25.1 Å². The molecule has 2 aromatic carbocycles. The maximum Gasteiger partial charge on any atom is 0.150 e. The van der Waals surface area contributed by atoms with Crippen molar-refractivity contribution in [2.24, 2.45) is 0 Å². The van der Waals surface area contributed by atoms with Crippen LogP contribution in [-0.2, 0) is 0 Å². The lowest BCUT2D eigenvalue weighted by Gasteiger charge is -2.10. The summed E-state index contributed by atoms with van der Waals surface area (Å²) in [6.45, 7) is 6.15. The van der Waals surface area contributed by atoms with E-state index in [4.69, 9.17) is 0 Å². The van der Waals surface area contributed by atoms with Crippen LogP contribution in [0, 0.1) is 20.8 Å². The zero-order valence-corrected chi connectivity index (χ0v) is 9.29. The van der Waals surface area contributed by atoms with Crippen LogP contribution in [0.15, 0.2) is 24.3 Å². The van der Waals surface area contributed by atoms with Gasteiger partial charge in [0.05, 0.1) is 0 Å². The van der Waals surface area contributed by atoms with Crippen LogP contribution in [0.1, 0.15) is 27.0 Å². The monoisotopic (exact) mass is 198 g/mol. The third-order valence-electron chi connectivity index (χ3n) is 3.00. The van der Waals surface area contributed by atoms with Gasteiger partial charge in [0.1, 0.15) is 6.29 Å². The molecule has 0 aromatic heterocycles. The van der Waals surface area contributed by atoms with E-state index in [1.165, 1.54) is 21.9 Å². The Morgan fingerprint density at radius 2 is 1.80 bits per heavy atom. The molecule has 1 heteroatoms. The van der Waals surface area contributed by atoms with Gasteiger partial charge in [0.25, 0.3) is 0 Å². The van der Waals surface area contributed by atoms with E-state index >= 15 is 0 Å². The maximum atomic E-state index is 10.9. The van der Waals surface area contributed by atoms with Crippen molar-refractivity contribution in [1.29, 1.82) is 0 Å². The first-order valence-corrected chi connectivity index (χ1v) is 5.10. The normalized spacial score (nSPS) is 10.6. The predicted octanol–water partition coefficient (Wildman–Crippen LogP) is 3.58. The average Bonchev–Trinajstić information content (AvgIpc) is 2.23. The molecule has 1 nitrogen and oxygen atoms in total. The first kappa shape index (κ1) is 9.91. The smallest absolute Gasteiger partial charge is 0.150 e. The zero-order chi connectivity index (χ0) is 11.0. The topological polar surface area (TPSA) is 17.1 Å². The summed E-state index contributed by atoms with van der Waals surface area (Å²) in [4.78, 5) is 10.9. The van der Waals surface area contributed by atoms with E-state index in [0.29, 0.717) is 0 Å². The highest BCUT2D eigenvalue weighted by Crippen LogP contribution is 2.27. The van der Waals surface area contributed by atoms with Crippen LogP contribution in [0.4, 0.5) is 0 Å². The van der Waals surface area contributed by atoms with E-state index in [9.17, 15) is 4.79 Å². The quantitative estimate of drug-likeness (QED) is 0.640. The number of carbonyl (C=O) groups excluding carboxylic acids is 1. The van der Waals surface area contributed by atoms with Crippen LogP contribution in [0.2, 0.25) is 0 Å². The van der Waals surface area contributed by atoms with Crippen molar-refractivity contribution in [3.63, 3.8) is 0 Å². The number of rotatable bonds is 1. The minimum Gasteiger partial charge on any atom is -0.298 e. The molecule has 0 radical (unpaired) electrons. The molecule has 0 heterocycles. The van der Waals surface area contributed by atoms with E-state index < -0.39 is 0 Å². The minimum absolute atomic E-state index is 0.800. The van der Waals surface area contributed by atoms with Gasteiger partial charge in [0, 0.05) is 5.56 Å². The Hall–Kier alpha value is -1.63. The van der Waals surface area contributed by atoms with Gasteiger partial charge in [-0.1, -0.05) is 18.2 Å². The lowest BCUT2D eigenvalue weighted by molar-refractivity contribution is 0.112. The number of hydrogen-bond donors (Lipinski definition) is 0. The molecule has 76 valence electrons. The molecule has 0 spiro atoms. The Labute approximate surface area is 89.7 Å². The molecule has 2 aromatic rings. The Kier molecular flexibility index (Phi) is 2.31. The number of fused-ring (bicyclic) bond motifs is 1. The second-order valence-corrected chi connectivity index (χ2v) is 4.02. The van der Waals surface area contributed by atoms with Crippen molar-refractivity contribution in [3.8, 4) is 0 Å². The Morgan fingerprint density at radius 3 is 2.47 bits per heavy atom. The van der Waals surface area contributed by atoms with Crippen molar-refractivity contribution in [2.75, 3.05) is 0 Å². The van der Waals surface area contributed by atoms with Crippen LogP contribution in [0.25, 0.3) is 10.8 Å². The van der Waals surface area contributed by atoms with Crippen molar-refractivity contribution in [3.05, 3.63) is 46.5 Å². The largest absolute Gasteiger partial charge is 0.298 e. The fourth-order valence-corrected chi connectivity index (χ4v) is 2.18. The molecular weight excluding hydrogens is 184 g/mol. The summed E-state index contributed by atoms with van der Waals surface area (Å²) >= 11 is 0. The molecule has 0 aliphatic rings. The number of aldehydes is 1. The number of aryl methyl sites for hydroxylation is 3. The molecule has 0 atom stereocenters. The Bertz CT molecular complexity index is 539. The van der Waals surface area contributed by atoms with Crippen LogP contribution >= 0.6 is 0 Å². The Morgan fingerprint density at radius 1 is 1.07 bits per heavy atom. The van der Waals surface area contributed by atoms with Gasteiger partial charge in [-0.3, -0.25) is 4.79 Å². The van der Waals surface area contributed by atoms with E-state index in [-0.39, 0.29) is 0 Å². The van der Waals surface area contributed by atoms with E-state index in [0.717, 1.165) is 17.4 Å². The third kappa shape index (κ3) is 1.44. The van der Waals surface area contributed by atoms with Gasteiger partial charge < -0.3 is 0 Å². The molecule has 0 fully saturated rings. The summed E-state index contributed by atoms with van der Waals surface area (Å²) in [7, 11) is 0. The lowest BCUT2D eigenvalue weighted by Crippen LogP contribution is -1.93. The standard InChI is InChI=1S/C14H14O/c1-9-5-4-6-13-10(2)7-12(8-15)11(3)14(9)13/h4-8H,1-3H3. The van der Waals surface area contributed by atoms with Gasteiger partial charge in [0.15, 0.2) is 0 Å². The summed E-state index contributed by atoms with van der Waals surface area (Å²) in [6, 6.07) is 8.22. The van der Waals surface area contributed by atoms with Gasteiger partial charge in [-0.15, -0.1) is 0 Å². The van der Waals surface area contributed by atoms with Crippen molar-refractivity contribution in [1.82, 2.24) is 0 Å². The molecule has 0 bridgehead atoms. The van der Waals surface area contributed by atoms with Gasteiger partial charge in [-0.25, -0.2) is 0 Å². The Balaban J connectivity index is 3.01. The maximum absolute atomic E-state index is 10.9. The van der Waals surface area contributed by atoms with Crippen LogP contribution in [-0.4, -0.2) is 6.29 Å². The molecule has 0 unspecified atom stereocenters. The fraction of sp³-hybridized carbons (Fsp3) is 0.214. The molecule has 0 N–H and O–H groups in total.